The van der Waals surface area contributed by atoms with Gasteiger partial charge in [0.25, 0.3) is 5.91 Å². The molecule has 1 amide bonds. The molecule has 1 aromatic rings. The second-order valence-corrected chi connectivity index (χ2v) is 8.02. The number of hydrogen-bond donors (Lipinski definition) is 1. The lowest BCUT2D eigenvalue weighted by Crippen LogP contribution is -2.67. The van der Waals surface area contributed by atoms with Crippen LogP contribution >= 0.6 is 0 Å². The van der Waals surface area contributed by atoms with Crippen LogP contribution < -0.4 is 0 Å². The number of benzene rings is 1. The fraction of sp³-hybridized carbons (Fsp3) is 0.650. The zero-order valence-electron chi connectivity index (χ0n) is 15.9. The minimum atomic E-state index is -1.76. The molecule has 0 radical (unpaired) electrons. The summed E-state index contributed by atoms with van der Waals surface area (Å²) in [5.74, 6) is -2.31. The molecule has 6 heteroatoms. The Kier molecular flexibility index (Phi) is 5.37. The Bertz CT molecular complexity index is 654. The van der Waals surface area contributed by atoms with Crippen molar-refractivity contribution in [3.05, 3.63) is 35.6 Å². The van der Waals surface area contributed by atoms with Crippen molar-refractivity contribution in [2.75, 3.05) is 26.2 Å². The lowest BCUT2D eigenvalue weighted by Gasteiger charge is -2.52. The topological polar surface area (TPSA) is 53.0 Å². The van der Waals surface area contributed by atoms with E-state index < -0.39 is 11.4 Å². The third-order valence-electron chi connectivity index (χ3n) is 5.53. The van der Waals surface area contributed by atoms with Gasteiger partial charge in [-0.3, -0.25) is 4.79 Å². The van der Waals surface area contributed by atoms with Gasteiger partial charge in [0.05, 0.1) is 12.1 Å². The number of ether oxygens (including phenoxy) is 1. The first kappa shape index (κ1) is 19.3. The molecule has 2 aliphatic heterocycles. The third kappa shape index (κ3) is 4.08. The molecule has 0 aliphatic carbocycles. The van der Waals surface area contributed by atoms with Crippen LogP contribution in [0.15, 0.2) is 24.3 Å². The molecule has 1 atom stereocenters. The molecule has 1 aromatic carbocycles. The van der Waals surface area contributed by atoms with Crippen molar-refractivity contribution in [3.8, 4) is 0 Å². The van der Waals surface area contributed by atoms with Crippen molar-refractivity contribution < 1.29 is 19.0 Å². The minimum absolute atomic E-state index is 0.0285. The Morgan fingerprint density at radius 2 is 2.00 bits per heavy atom. The van der Waals surface area contributed by atoms with Gasteiger partial charge in [0.1, 0.15) is 5.82 Å². The molecule has 2 saturated heterocycles. The Morgan fingerprint density at radius 3 is 2.62 bits per heavy atom. The van der Waals surface area contributed by atoms with Crippen molar-refractivity contribution >= 4 is 5.91 Å². The van der Waals surface area contributed by atoms with Gasteiger partial charge < -0.3 is 19.6 Å². The smallest absolute Gasteiger partial charge is 0.282 e. The Balaban J connectivity index is 1.59. The van der Waals surface area contributed by atoms with Crippen molar-refractivity contribution in [1.82, 2.24) is 9.80 Å². The second kappa shape index (κ2) is 7.25. The van der Waals surface area contributed by atoms with E-state index in [1.54, 1.807) is 17.0 Å². The molecule has 0 aromatic heterocycles. The number of hydrogen-bond acceptors (Lipinski definition) is 4. The molecule has 1 spiro atoms. The summed E-state index contributed by atoms with van der Waals surface area (Å²) >= 11 is 0. The number of carbonyl (C=O) groups is 1. The molecule has 0 saturated carbocycles. The van der Waals surface area contributed by atoms with Gasteiger partial charge >= 0.3 is 0 Å². The summed E-state index contributed by atoms with van der Waals surface area (Å²) < 4.78 is 19.2. The molecular weight excluding hydrogens is 335 g/mol. The number of carbonyl (C=O) groups excluding carboxylic acids is 1. The molecule has 144 valence electrons. The molecule has 2 aliphatic rings. The highest BCUT2D eigenvalue weighted by molar-refractivity contribution is 5.84. The average Bonchev–Trinajstić information content (AvgIpc) is 2.57. The van der Waals surface area contributed by atoms with Crippen LogP contribution in [0.5, 0.6) is 0 Å². The van der Waals surface area contributed by atoms with Gasteiger partial charge in [0.2, 0.25) is 5.79 Å². The monoisotopic (exact) mass is 364 g/mol. The van der Waals surface area contributed by atoms with Crippen molar-refractivity contribution in [3.63, 3.8) is 0 Å². The lowest BCUT2D eigenvalue weighted by atomic mass is 9.87. The predicted octanol–water partition coefficient (Wildman–Crippen LogP) is 2.18. The summed E-state index contributed by atoms with van der Waals surface area (Å²) in [7, 11) is 0. The number of amides is 1. The van der Waals surface area contributed by atoms with Crippen LogP contribution in [0, 0.1) is 5.82 Å². The fourth-order valence-electron chi connectivity index (χ4n) is 3.99. The van der Waals surface area contributed by atoms with Gasteiger partial charge in [0, 0.05) is 25.7 Å². The first-order chi connectivity index (χ1) is 12.2. The van der Waals surface area contributed by atoms with E-state index in [0.29, 0.717) is 6.54 Å². The van der Waals surface area contributed by atoms with Crippen molar-refractivity contribution in [1.29, 1.82) is 0 Å². The molecule has 3 rings (SSSR count). The van der Waals surface area contributed by atoms with Crippen LogP contribution in [0.4, 0.5) is 4.39 Å². The zero-order valence-corrected chi connectivity index (χ0v) is 15.9. The van der Waals surface area contributed by atoms with Gasteiger partial charge in [-0.05, 0) is 57.7 Å². The average molecular weight is 364 g/mol. The van der Waals surface area contributed by atoms with Crippen LogP contribution in [-0.2, 0) is 16.0 Å². The van der Waals surface area contributed by atoms with E-state index in [-0.39, 0.29) is 17.8 Å². The summed E-state index contributed by atoms with van der Waals surface area (Å²) in [6.45, 7) is 8.43. The fourth-order valence-corrected chi connectivity index (χ4v) is 3.99. The van der Waals surface area contributed by atoms with Crippen LogP contribution in [0.25, 0.3) is 0 Å². The maximum atomic E-state index is 13.3. The summed E-state index contributed by atoms with van der Waals surface area (Å²) in [6, 6.07) is 6.76. The SMILES string of the molecule is CC(C)N1CC2(CCN(CCc3cccc(F)c3)CC2)OC(C)(O)C1=O. The van der Waals surface area contributed by atoms with E-state index in [1.165, 1.54) is 13.0 Å². The van der Waals surface area contributed by atoms with Crippen LogP contribution in [0.3, 0.4) is 0 Å². The van der Waals surface area contributed by atoms with Gasteiger partial charge in [0.15, 0.2) is 0 Å². The van der Waals surface area contributed by atoms with Crippen molar-refractivity contribution in [2.24, 2.45) is 0 Å². The van der Waals surface area contributed by atoms with E-state index in [2.05, 4.69) is 4.90 Å². The number of nitrogens with zero attached hydrogens (tertiary/aromatic N) is 2. The quantitative estimate of drug-likeness (QED) is 0.890. The van der Waals surface area contributed by atoms with E-state index in [4.69, 9.17) is 4.74 Å². The van der Waals surface area contributed by atoms with Crippen LogP contribution in [0.1, 0.15) is 39.2 Å². The first-order valence-electron chi connectivity index (χ1n) is 9.41. The minimum Gasteiger partial charge on any atom is -0.358 e. The van der Waals surface area contributed by atoms with E-state index in [0.717, 1.165) is 44.5 Å². The molecule has 0 bridgehead atoms. The number of rotatable bonds is 4. The highest BCUT2D eigenvalue weighted by atomic mass is 19.1. The number of piperidine rings is 1. The van der Waals surface area contributed by atoms with E-state index in [1.807, 2.05) is 19.9 Å². The lowest BCUT2D eigenvalue weighted by molar-refractivity contribution is -0.287. The van der Waals surface area contributed by atoms with Crippen LogP contribution in [-0.4, -0.2) is 64.4 Å². The van der Waals surface area contributed by atoms with E-state index >= 15 is 0 Å². The summed E-state index contributed by atoms with van der Waals surface area (Å²) in [5.41, 5.74) is 0.510. The van der Waals surface area contributed by atoms with Crippen molar-refractivity contribution in [2.45, 2.75) is 57.5 Å². The molecule has 1 N–H and O–H groups in total. The molecule has 2 heterocycles. The maximum absolute atomic E-state index is 13.3. The Hall–Kier alpha value is -1.50. The third-order valence-corrected chi connectivity index (χ3v) is 5.53. The molecular formula is C20H29FN2O3. The zero-order chi connectivity index (χ0) is 18.9. The second-order valence-electron chi connectivity index (χ2n) is 8.02. The summed E-state index contributed by atoms with van der Waals surface area (Å²) in [5, 5.41) is 10.5. The van der Waals surface area contributed by atoms with Gasteiger partial charge in [-0.2, -0.15) is 0 Å². The normalized spacial score (nSPS) is 26.7. The van der Waals surface area contributed by atoms with Crippen LogP contribution in [0.2, 0.25) is 0 Å². The number of morpholine rings is 1. The van der Waals surface area contributed by atoms with Gasteiger partial charge in [-0.25, -0.2) is 4.39 Å². The van der Waals surface area contributed by atoms with Gasteiger partial charge in [-0.15, -0.1) is 0 Å². The predicted molar refractivity (Wildman–Crippen MR) is 97.1 cm³/mol. The first-order valence-corrected chi connectivity index (χ1v) is 9.41. The Labute approximate surface area is 154 Å². The van der Waals surface area contributed by atoms with E-state index in [9.17, 15) is 14.3 Å². The van der Waals surface area contributed by atoms with Gasteiger partial charge in [-0.1, -0.05) is 12.1 Å². The standard InChI is InChI=1S/C20H29FN2O3/c1-15(2)23-14-20(26-19(3,25)18(23)24)8-11-22(12-9-20)10-7-16-5-4-6-17(21)13-16/h4-6,13,15,25H,7-12,14H2,1-3H3. The Morgan fingerprint density at radius 1 is 1.31 bits per heavy atom. The number of likely N-dealkylation sites (tertiary alicyclic amines) is 1. The summed E-state index contributed by atoms with van der Waals surface area (Å²) in [4.78, 5) is 16.4. The molecule has 1 unspecified atom stereocenters. The largest absolute Gasteiger partial charge is 0.358 e. The highest BCUT2D eigenvalue weighted by Gasteiger charge is 2.52. The summed E-state index contributed by atoms with van der Waals surface area (Å²) in [6.07, 6.45) is 2.34. The maximum Gasteiger partial charge on any atom is 0.282 e. The molecule has 5 nitrogen and oxygen atoms in total. The molecule has 2 fully saturated rings. The number of halogens is 1. The molecule has 26 heavy (non-hydrogen) atoms. The highest BCUT2D eigenvalue weighted by Crippen LogP contribution is 2.36. The number of aliphatic hydroxyl groups is 1.